The fraction of sp³-hybridized carbons (Fsp3) is 0.467. The number of anilines is 1. The number of para-hydroxylation sites is 1. The van der Waals surface area contributed by atoms with Gasteiger partial charge in [-0.3, -0.25) is 4.79 Å². The minimum atomic E-state index is -0.0968. The fourth-order valence-electron chi connectivity index (χ4n) is 1.71. The van der Waals surface area contributed by atoms with E-state index in [0.29, 0.717) is 29.5 Å². The molecule has 0 unspecified atom stereocenters. The van der Waals surface area contributed by atoms with Gasteiger partial charge < -0.3 is 15.4 Å². The van der Waals surface area contributed by atoms with Gasteiger partial charge in [0.25, 0.3) is 0 Å². The molecule has 1 aromatic rings. The van der Waals surface area contributed by atoms with Crippen LogP contribution in [0.1, 0.15) is 25.8 Å². The molecule has 0 saturated heterocycles. The van der Waals surface area contributed by atoms with Crippen molar-refractivity contribution in [3.63, 3.8) is 0 Å². The standard InChI is InChI=1S/C15H21N3O2/c1-11(2)7-8-17-14(19)10-18-15-12(9-16)5-4-6-13(15)20-3/h4-6,11,18H,7-8,10H2,1-3H3,(H,17,19). The minimum absolute atomic E-state index is 0.0968. The van der Waals surface area contributed by atoms with Gasteiger partial charge >= 0.3 is 0 Å². The van der Waals surface area contributed by atoms with Crippen molar-refractivity contribution < 1.29 is 9.53 Å². The van der Waals surface area contributed by atoms with Crippen molar-refractivity contribution in [1.82, 2.24) is 5.32 Å². The van der Waals surface area contributed by atoms with Crippen LogP contribution in [0.3, 0.4) is 0 Å². The zero-order valence-electron chi connectivity index (χ0n) is 12.2. The van der Waals surface area contributed by atoms with Gasteiger partial charge in [-0.15, -0.1) is 0 Å². The number of benzene rings is 1. The molecule has 0 radical (unpaired) electrons. The molecule has 108 valence electrons. The number of nitrogens with one attached hydrogen (secondary N) is 2. The number of carbonyl (C=O) groups is 1. The van der Waals surface area contributed by atoms with Crippen LogP contribution in [0.2, 0.25) is 0 Å². The number of amides is 1. The predicted molar refractivity (Wildman–Crippen MR) is 78.7 cm³/mol. The van der Waals surface area contributed by atoms with Gasteiger partial charge in [0.2, 0.25) is 5.91 Å². The van der Waals surface area contributed by atoms with E-state index in [0.717, 1.165) is 6.42 Å². The van der Waals surface area contributed by atoms with Crippen LogP contribution >= 0.6 is 0 Å². The molecule has 0 atom stereocenters. The summed E-state index contributed by atoms with van der Waals surface area (Å²) in [4.78, 5) is 11.7. The van der Waals surface area contributed by atoms with Crippen molar-refractivity contribution in [2.24, 2.45) is 5.92 Å². The zero-order valence-corrected chi connectivity index (χ0v) is 12.2. The predicted octanol–water partition coefficient (Wildman–Crippen LogP) is 2.14. The fourth-order valence-corrected chi connectivity index (χ4v) is 1.71. The Labute approximate surface area is 119 Å². The second-order valence-electron chi connectivity index (χ2n) is 4.88. The highest BCUT2D eigenvalue weighted by Crippen LogP contribution is 2.27. The van der Waals surface area contributed by atoms with E-state index in [2.05, 4.69) is 30.6 Å². The summed E-state index contributed by atoms with van der Waals surface area (Å²) in [6.07, 6.45) is 0.948. The molecule has 0 heterocycles. The molecule has 0 fully saturated rings. The molecule has 0 saturated carbocycles. The van der Waals surface area contributed by atoms with Gasteiger partial charge in [-0.2, -0.15) is 5.26 Å². The lowest BCUT2D eigenvalue weighted by Gasteiger charge is -2.13. The third kappa shape index (κ3) is 4.81. The van der Waals surface area contributed by atoms with E-state index in [1.54, 1.807) is 18.2 Å². The van der Waals surface area contributed by atoms with Crippen LogP contribution in [0.25, 0.3) is 0 Å². The summed E-state index contributed by atoms with van der Waals surface area (Å²) in [6, 6.07) is 7.25. The molecule has 0 aromatic heterocycles. The number of methoxy groups -OCH3 is 1. The first-order chi connectivity index (χ1) is 9.58. The van der Waals surface area contributed by atoms with Crippen LogP contribution in [-0.2, 0) is 4.79 Å². The van der Waals surface area contributed by atoms with Crippen LogP contribution < -0.4 is 15.4 Å². The first-order valence-corrected chi connectivity index (χ1v) is 6.66. The zero-order chi connectivity index (χ0) is 15.0. The molecular weight excluding hydrogens is 254 g/mol. The molecule has 1 aromatic carbocycles. The summed E-state index contributed by atoms with van der Waals surface area (Å²) in [5, 5.41) is 14.9. The molecule has 2 N–H and O–H groups in total. The highest BCUT2D eigenvalue weighted by Gasteiger charge is 2.10. The summed E-state index contributed by atoms with van der Waals surface area (Å²) < 4.78 is 5.19. The van der Waals surface area contributed by atoms with Gasteiger partial charge in [-0.05, 0) is 24.5 Å². The smallest absolute Gasteiger partial charge is 0.239 e. The van der Waals surface area contributed by atoms with Crippen molar-refractivity contribution in [1.29, 1.82) is 5.26 Å². The molecular formula is C15H21N3O2. The maximum absolute atomic E-state index is 11.7. The van der Waals surface area contributed by atoms with Gasteiger partial charge in [-0.1, -0.05) is 19.9 Å². The Kier molecular flexibility index (Phi) is 6.38. The van der Waals surface area contributed by atoms with Crippen molar-refractivity contribution in [3.05, 3.63) is 23.8 Å². The van der Waals surface area contributed by atoms with E-state index < -0.39 is 0 Å². The quantitative estimate of drug-likeness (QED) is 0.799. The van der Waals surface area contributed by atoms with Crippen molar-refractivity contribution >= 4 is 11.6 Å². The summed E-state index contributed by atoms with van der Waals surface area (Å²) >= 11 is 0. The summed E-state index contributed by atoms with van der Waals surface area (Å²) in [6.45, 7) is 5.00. The van der Waals surface area contributed by atoms with Crippen molar-refractivity contribution in [2.45, 2.75) is 20.3 Å². The lowest BCUT2D eigenvalue weighted by atomic mass is 10.1. The largest absolute Gasteiger partial charge is 0.495 e. The normalized spacial score (nSPS) is 9.95. The number of nitrogens with zero attached hydrogens (tertiary/aromatic N) is 1. The average Bonchev–Trinajstić information content (AvgIpc) is 2.44. The number of hydrogen-bond acceptors (Lipinski definition) is 4. The van der Waals surface area contributed by atoms with Crippen molar-refractivity contribution in [3.8, 4) is 11.8 Å². The number of ether oxygens (including phenoxy) is 1. The Morgan fingerprint density at radius 2 is 2.20 bits per heavy atom. The van der Waals surface area contributed by atoms with Crippen LogP contribution in [0, 0.1) is 17.2 Å². The van der Waals surface area contributed by atoms with E-state index in [1.165, 1.54) is 7.11 Å². The van der Waals surface area contributed by atoms with E-state index >= 15 is 0 Å². The van der Waals surface area contributed by atoms with Crippen LogP contribution in [0.5, 0.6) is 5.75 Å². The van der Waals surface area contributed by atoms with E-state index in [4.69, 9.17) is 10.00 Å². The van der Waals surface area contributed by atoms with Crippen LogP contribution in [-0.4, -0.2) is 26.1 Å². The maximum Gasteiger partial charge on any atom is 0.239 e. The third-order valence-electron chi connectivity index (χ3n) is 2.84. The number of rotatable bonds is 7. The van der Waals surface area contributed by atoms with Gasteiger partial charge in [0.05, 0.1) is 24.9 Å². The molecule has 1 amide bonds. The Morgan fingerprint density at radius 3 is 2.80 bits per heavy atom. The Hall–Kier alpha value is -2.22. The van der Waals surface area contributed by atoms with Gasteiger partial charge in [0, 0.05) is 6.54 Å². The van der Waals surface area contributed by atoms with E-state index in [1.807, 2.05) is 0 Å². The average molecular weight is 275 g/mol. The molecule has 20 heavy (non-hydrogen) atoms. The SMILES string of the molecule is COc1cccc(C#N)c1NCC(=O)NCCC(C)C. The first-order valence-electron chi connectivity index (χ1n) is 6.66. The molecule has 0 aliphatic rings. The van der Waals surface area contributed by atoms with Crippen molar-refractivity contribution in [2.75, 3.05) is 25.5 Å². The Bertz CT molecular complexity index is 492. The van der Waals surface area contributed by atoms with Gasteiger partial charge in [0.15, 0.2) is 0 Å². The van der Waals surface area contributed by atoms with Crippen LogP contribution in [0.15, 0.2) is 18.2 Å². The Balaban J connectivity index is 2.57. The Morgan fingerprint density at radius 1 is 1.45 bits per heavy atom. The third-order valence-corrected chi connectivity index (χ3v) is 2.84. The second kappa shape index (κ2) is 8.05. The number of nitriles is 1. The molecule has 5 nitrogen and oxygen atoms in total. The summed E-state index contributed by atoms with van der Waals surface area (Å²) in [5.74, 6) is 1.02. The topological polar surface area (TPSA) is 74.1 Å². The molecule has 0 aliphatic heterocycles. The maximum atomic E-state index is 11.7. The van der Waals surface area contributed by atoms with E-state index in [9.17, 15) is 4.79 Å². The molecule has 0 spiro atoms. The highest BCUT2D eigenvalue weighted by atomic mass is 16.5. The minimum Gasteiger partial charge on any atom is -0.495 e. The lowest BCUT2D eigenvalue weighted by Crippen LogP contribution is -2.31. The van der Waals surface area contributed by atoms with Gasteiger partial charge in [-0.25, -0.2) is 0 Å². The monoisotopic (exact) mass is 275 g/mol. The molecule has 1 rings (SSSR count). The lowest BCUT2D eigenvalue weighted by molar-refractivity contribution is -0.119. The number of carbonyl (C=O) groups excluding carboxylic acids is 1. The first kappa shape index (κ1) is 15.8. The molecule has 0 bridgehead atoms. The van der Waals surface area contributed by atoms with Crippen LogP contribution in [0.4, 0.5) is 5.69 Å². The van der Waals surface area contributed by atoms with E-state index in [-0.39, 0.29) is 12.5 Å². The molecule has 0 aliphatic carbocycles. The second-order valence-corrected chi connectivity index (χ2v) is 4.88. The highest BCUT2D eigenvalue weighted by molar-refractivity contribution is 5.82. The van der Waals surface area contributed by atoms with Gasteiger partial charge in [0.1, 0.15) is 11.8 Å². The number of hydrogen-bond donors (Lipinski definition) is 2. The molecule has 5 heteroatoms. The summed E-state index contributed by atoms with van der Waals surface area (Å²) in [5.41, 5.74) is 1.01. The summed E-state index contributed by atoms with van der Waals surface area (Å²) in [7, 11) is 1.53.